The molecule has 2 N–H and O–H groups in total. The van der Waals surface area contributed by atoms with E-state index in [4.69, 9.17) is 0 Å². The number of aliphatic hydroxyl groups is 2. The molecule has 4 unspecified atom stereocenters. The number of likely N-dealkylation sites (tertiary alicyclic amines) is 2. The summed E-state index contributed by atoms with van der Waals surface area (Å²) < 4.78 is 1.93. The molecule has 8 heteroatoms. The van der Waals surface area contributed by atoms with Crippen molar-refractivity contribution in [1.29, 1.82) is 0 Å². The Balaban J connectivity index is 0.000000137. The first-order valence-corrected chi connectivity index (χ1v) is 18.0. The van der Waals surface area contributed by atoms with Gasteiger partial charge < -0.3 is 20.0 Å². The molecule has 2 saturated heterocycles. The van der Waals surface area contributed by atoms with Gasteiger partial charge in [0.2, 0.25) is 0 Å². The normalized spacial score (nSPS) is 36.7. The maximum atomic E-state index is 11.5. The van der Waals surface area contributed by atoms with Crippen LogP contribution in [0.15, 0.2) is 45.9 Å². The van der Waals surface area contributed by atoms with Gasteiger partial charge in [0.15, 0.2) is 0 Å². The number of pyridine rings is 2. The molecule has 6 aliphatic rings. The first kappa shape index (κ1) is 29.8. The Kier molecular flexibility index (Phi) is 8.60. The van der Waals surface area contributed by atoms with Crippen LogP contribution in [0.4, 0.5) is 0 Å². The number of fused-ring (bicyclic) bond motifs is 4. The molecule has 6 nitrogen and oxygen atoms in total. The molecule has 2 aliphatic heterocycles. The predicted molar refractivity (Wildman–Crippen MR) is 172 cm³/mol. The van der Waals surface area contributed by atoms with E-state index in [0.717, 1.165) is 83.8 Å². The maximum Gasteiger partial charge on any atom is 0.0992 e. The Morgan fingerprint density at radius 3 is 1.26 bits per heavy atom. The van der Waals surface area contributed by atoms with Crippen molar-refractivity contribution in [2.75, 3.05) is 39.3 Å². The fourth-order valence-electron chi connectivity index (χ4n) is 8.92. The van der Waals surface area contributed by atoms with Gasteiger partial charge in [-0.25, -0.2) is 0 Å². The molecular formula is C34H46Br2N4O2. The molecule has 4 aliphatic carbocycles. The third-order valence-electron chi connectivity index (χ3n) is 11.4. The lowest BCUT2D eigenvalue weighted by Gasteiger charge is -2.53. The summed E-state index contributed by atoms with van der Waals surface area (Å²) in [7, 11) is 0. The highest BCUT2D eigenvalue weighted by atomic mass is 79.9. The minimum absolute atomic E-state index is 0.361. The minimum atomic E-state index is -0.672. The van der Waals surface area contributed by atoms with Crippen LogP contribution in [0.3, 0.4) is 0 Å². The number of rotatable bonds is 6. The maximum absolute atomic E-state index is 11.5. The van der Waals surface area contributed by atoms with Gasteiger partial charge in [-0.3, -0.25) is 9.97 Å². The molecule has 228 valence electrons. The minimum Gasteiger partial charge on any atom is -0.384 e. The average Bonchev–Trinajstić information content (AvgIpc) is 3.88. The van der Waals surface area contributed by atoms with Crippen LogP contribution in [-0.2, 0) is 11.2 Å². The largest absolute Gasteiger partial charge is 0.384 e. The van der Waals surface area contributed by atoms with E-state index in [1.807, 2.05) is 12.4 Å². The molecule has 4 heterocycles. The number of hydrogen-bond acceptors (Lipinski definition) is 6. The molecule has 4 bridgehead atoms. The van der Waals surface area contributed by atoms with Crippen molar-refractivity contribution in [3.63, 3.8) is 0 Å². The average molecular weight is 703 g/mol. The Bertz CT molecular complexity index is 1130. The fraction of sp³-hybridized carbons (Fsp3) is 0.706. The summed E-state index contributed by atoms with van der Waals surface area (Å²) >= 11 is 7.00. The number of halogens is 2. The zero-order chi connectivity index (χ0) is 28.9. The summed E-state index contributed by atoms with van der Waals surface area (Å²) in [6.45, 7) is 6.71. The third kappa shape index (κ3) is 6.02. The van der Waals surface area contributed by atoms with Crippen LogP contribution in [0.5, 0.6) is 0 Å². The van der Waals surface area contributed by atoms with Crippen LogP contribution >= 0.6 is 31.9 Å². The fourth-order valence-corrected chi connectivity index (χ4v) is 9.65. The summed E-state index contributed by atoms with van der Waals surface area (Å²) in [6.07, 6.45) is 20.0. The molecule has 4 saturated carbocycles. The van der Waals surface area contributed by atoms with Gasteiger partial charge in [0.1, 0.15) is 0 Å². The second kappa shape index (κ2) is 12.1. The first-order valence-electron chi connectivity index (χ1n) is 16.4. The first-order chi connectivity index (χ1) is 20.3. The molecule has 6 fully saturated rings. The molecule has 0 radical (unpaired) electrons. The van der Waals surface area contributed by atoms with Crippen LogP contribution in [0, 0.1) is 35.5 Å². The van der Waals surface area contributed by atoms with Crippen LogP contribution in [0.2, 0.25) is 0 Å². The number of aromatic nitrogens is 2. The van der Waals surface area contributed by atoms with Gasteiger partial charge in [0, 0.05) is 108 Å². The second-order valence-electron chi connectivity index (χ2n) is 14.4. The number of nitrogens with zero attached hydrogens (tertiary/aromatic N) is 4. The number of piperidine rings is 2. The van der Waals surface area contributed by atoms with E-state index in [9.17, 15) is 10.2 Å². The molecule has 2 aromatic rings. The topological polar surface area (TPSA) is 72.7 Å². The molecule has 8 rings (SSSR count). The van der Waals surface area contributed by atoms with Crippen molar-refractivity contribution in [2.24, 2.45) is 35.5 Å². The van der Waals surface area contributed by atoms with E-state index in [2.05, 4.69) is 63.8 Å². The van der Waals surface area contributed by atoms with Crippen molar-refractivity contribution in [3.8, 4) is 0 Å². The van der Waals surface area contributed by atoms with Gasteiger partial charge in [0.25, 0.3) is 0 Å². The summed E-state index contributed by atoms with van der Waals surface area (Å²) in [5.41, 5.74) is 0.680. The quantitative estimate of drug-likeness (QED) is 0.366. The smallest absolute Gasteiger partial charge is 0.0992 e. The van der Waals surface area contributed by atoms with Crippen molar-refractivity contribution in [2.45, 2.75) is 75.4 Å². The Morgan fingerprint density at radius 2 is 0.952 bits per heavy atom. The van der Waals surface area contributed by atoms with Crippen molar-refractivity contribution >= 4 is 31.9 Å². The van der Waals surface area contributed by atoms with E-state index in [-0.39, 0.29) is 0 Å². The van der Waals surface area contributed by atoms with E-state index >= 15 is 0 Å². The summed E-state index contributed by atoms with van der Waals surface area (Å²) in [4.78, 5) is 13.8. The number of hydrogen-bond donors (Lipinski definition) is 2. The monoisotopic (exact) mass is 700 g/mol. The molecule has 2 aromatic heterocycles. The highest BCUT2D eigenvalue weighted by Gasteiger charge is 2.53. The Hall–Kier alpha value is -0.900. The van der Waals surface area contributed by atoms with Crippen LogP contribution in [-0.4, -0.2) is 69.2 Å². The van der Waals surface area contributed by atoms with Gasteiger partial charge in [-0.15, -0.1) is 0 Å². The summed E-state index contributed by atoms with van der Waals surface area (Å²) in [6, 6.07) is 4.13. The molecule has 0 aromatic carbocycles. The van der Waals surface area contributed by atoms with Crippen LogP contribution in [0.25, 0.3) is 0 Å². The molecule has 0 amide bonds. The third-order valence-corrected chi connectivity index (χ3v) is 12.2. The molecular weight excluding hydrogens is 656 g/mol. The SMILES string of the molecule is OC1(c2cncc(Br)c2)C2CCCC1CN(CC1CC1)C2.OC1(c2cncc(Br)c2)C2CCCC1CN(CC1CC1)C2. The Morgan fingerprint density at radius 1 is 0.595 bits per heavy atom. The van der Waals surface area contributed by atoms with Gasteiger partial charge in [-0.05, 0) is 107 Å². The lowest BCUT2D eigenvalue weighted by molar-refractivity contribution is -0.147. The lowest BCUT2D eigenvalue weighted by Crippen LogP contribution is -2.58. The van der Waals surface area contributed by atoms with Gasteiger partial charge in [-0.2, -0.15) is 0 Å². The molecule has 4 atom stereocenters. The van der Waals surface area contributed by atoms with E-state index in [1.54, 1.807) is 12.4 Å². The van der Waals surface area contributed by atoms with Crippen LogP contribution in [0.1, 0.15) is 75.3 Å². The van der Waals surface area contributed by atoms with Crippen molar-refractivity contribution < 1.29 is 10.2 Å². The van der Waals surface area contributed by atoms with E-state index < -0.39 is 11.2 Å². The van der Waals surface area contributed by atoms with Crippen molar-refractivity contribution in [1.82, 2.24) is 19.8 Å². The molecule has 42 heavy (non-hydrogen) atoms. The zero-order valence-electron chi connectivity index (χ0n) is 24.7. The Labute approximate surface area is 268 Å². The predicted octanol–water partition coefficient (Wildman–Crippen LogP) is 6.35. The second-order valence-corrected chi connectivity index (χ2v) is 16.2. The lowest BCUT2D eigenvalue weighted by atomic mass is 9.63. The van der Waals surface area contributed by atoms with Gasteiger partial charge >= 0.3 is 0 Å². The summed E-state index contributed by atoms with van der Waals surface area (Å²) in [5, 5.41) is 23.1. The highest BCUT2D eigenvalue weighted by molar-refractivity contribution is 9.10. The highest BCUT2D eigenvalue weighted by Crippen LogP contribution is 2.51. The standard InChI is InChI=1S/2C17H23BrN2O/c2*18-16-6-15(7-19-8-16)17(21)13-2-1-3-14(17)11-20(10-13)9-12-4-5-12/h2*6-8,12-14,21H,1-5,9-11H2. The van der Waals surface area contributed by atoms with Gasteiger partial charge in [-0.1, -0.05) is 12.8 Å². The zero-order valence-corrected chi connectivity index (χ0v) is 27.9. The summed E-state index contributed by atoms with van der Waals surface area (Å²) in [5.74, 6) is 3.31. The van der Waals surface area contributed by atoms with E-state index in [0.29, 0.717) is 23.7 Å². The van der Waals surface area contributed by atoms with Crippen LogP contribution < -0.4 is 0 Å². The molecule has 0 spiro atoms. The van der Waals surface area contributed by atoms with Gasteiger partial charge in [0.05, 0.1) is 11.2 Å². The van der Waals surface area contributed by atoms with E-state index in [1.165, 1.54) is 51.6 Å². The van der Waals surface area contributed by atoms with Crippen molar-refractivity contribution in [3.05, 3.63) is 57.0 Å².